The van der Waals surface area contributed by atoms with Gasteiger partial charge in [-0.25, -0.2) is 9.97 Å². The smallest absolute Gasteiger partial charge is 0.273 e. The van der Waals surface area contributed by atoms with E-state index in [4.69, 9.17) is 0 Å². The predicted octanol–water partition coefficient (Wildman–Crippen LogP) is 3.11. The number of nitrogens with zero attached hydrogens (tertiary/aromatic N) is 3. The fourth-order valence-electron chi connectivity index (χ4n) is 2.97. The van der Waals surface area contributed by atoms with Crippen LogP contribution >= 0.6 is 11.3 Å². The second-order valence-corrected chi connectivity index (χ2v) is 6.72. The highest BCUT2D eigenvalue weighted by atomic mass is 32.1. The van der Waals surface area contributed by atoms with Crippen molar-refractivity contribution in [1.29, 1.82) is 0 Å². The first kappa shape index (κ1) is 13.0. The maximum absolute atomic E-state index is 12.8. The zero-order chi connectivity index (χ0) is 14.2. The number of nitrogens with one attached hydrogen (secondary N) is 1. The second kappa shape index (κ2) is 5.26. The highest BCUT2D eigenvalue weighted by Crippen LogP contribution is 2.41. The van der Waals surface area contributed by atoms with Gasteiger partial charge in [0, 0.05) is 30.2 Å². The molecular formula is C15H18N4OS. The molecule has 0 radical (unpaired) electrons. The van der Waals surface area contributed by atoms with Crippen LogP contribution in [0.3, 0.4) is 0 Å². The van der Waals surface area contributed by atoms with Crippen LogP contribution in [0.1, 0.15) is 65.4 Å². The second-order valence-electron chi connectivity index (χ2n) is 5.83. The van der Waals surface area contributed by atoms with E-state index in [1.54, 1.807) is 17.5 Å². The Bertz CT molecular complexity index is 632. The lowest BCUT2D eigenvalue weighted by molar-refractivity contribution is 0.0595. The summed E-state index contributed by atoms with van der Waals surface area (Å²) >= 11 is 1.63. The van der Waals surface area contributed by atoms with Gasteiger partial charge in [-0.3, -0.25) is 4.79 Å². The molecule has 2 fully saturated rings. The van der Waals surface area contributed by atoms with E-state index in [-0.39, 0.29) is 11.9 Å². The fourth-order valence-corrected chi connectivity index (χ4v) is 3.93. The van der Waals surface area contributed by atoms with Crippen molar-refractivity contribution in [2.24, 2.45) is 0 Å². The number of hydrogen-bond acceptors (Lipinski definition) is 4. The van der Waals surface area contributed by atoms with Gasteiger partial charge in [-0.1, -0.05) is 0 Å². The Morgan fingerprint density at radius 3 is 3.00 bits per heavy atom. The van der Waals surface area contributed by atoms with Crippen LogP contribution in [0.25, 0.3) is 0 Å². The Morgan fingerprint density at radius 2 is 2.24 bits per heavy atom. The van der Waals surface area contributed by atoms with E-state index in [0.29, 0.717) is 11.6 Å². The van der Waals surface area contributed by atoms with E-state index in [1.165, 1.54) is 12.8 Å². The molecule has 2 aromatic rings. The summed E-state index contributed by atoms with van der Waals surface area (Å²) in [4.78, 5) is 26.8. The summed E-state index contributed by atoms with van der Waals surface area (Å²) in [7, 11) is 0. The zero-order valence-corrected chi connectivity index (χ0v) is 12.6. The van der Waals surface area contributed by atoms with E-state index in [2.05, 4.69) is 15.0 Å². The first-order chi connectivity index (χ1) is 10.3. The maximum Gasteiger partial charge on any atom is 0.273 e. The Hall–Kier alpha value is -1.69. The van der Waals surface area contributed by atoms with Crippen molar-refractivity contribution < 1.29 is 4.79 Å². The lowest BCUT2D eigenvalue weighted by atomic mass is 10.0. The number of thiazole rings is 1. The molecule has 3 heterocycles. The molecule has 1 amide bonds. The third-order valence-corrected chi connectivity index (χ3v) is 5.27. The molecule has 0 bridgehead atoms. The van der Waals surface area contributed by atoms with Crippen LogP contribution in [-0.2, 0) is 0 Å². The topological polar surface area (TPSA) is 61.9 Å². The average Bonchev–Trinajstić information content (AvgIpc) is 3.05. The summed E-state index contributed by atoms with van der Waals surface area (Å²) in [6.45, 7) is 0.792. The summed E-state index contributed by atoms with van der Waals surface area (Å²) in [6.07, 6.45) is 9.18. The number of carbonyl (C=O) groups excluding carboxylic acids is 1. The molecule has 1 N–H and O–H groups in total. The fraction of sp³-hybridized carbons (Fsp3) is 0.533. The summed E-state index contributed by atoms with van der Waals surface area (Å²) < 4.78 is 0. The number of hydrogen-bond donors (Lipinski definition) is 1. The molecule has 5 nitrogen and oxygen atoms in total. The predicted molar refractivity (Wildman–Crippen MR) is 80.3 cm³/mol. The molecule has 1 saturated carbocycles. The van der Waals surface area contributed by atoms with E-state index in [1.807, 2.05) is 16.5 Å². The first-order valence-electron chi connectivity index (χ1n) is 7.58. The third kappa shape index (κ3) is 2.48. The number of aromatic nitrogens is 3. The number of piperidine rings is 1. The van der Waals surface area contributed by atoms with Crippen LogP contribution in [0.4, 0.5) is 0 Å². The van der Waals surface area contributed by atoms with Crippen LogP contribution in [0.2, 0.25) is 0 Å². The molecule has 1 atom stereocenters. The van der Waals surface area contributed by atoms with Gasteiger partial charge < -0.3 is 9.88 Å². The van der Waals surface area contributed by atoms with Crippen LogP contribution in [0, 0.1) is 0 Å². The summed E-state index contributed by atoms with van der Waals surface area (Å²) in [6, 6.07) is 0.0623. The Kier molecular flexibility index (Phi) is 3.25. The average molecular weight is 302 g/mol. The number of likely N-dealkylation sites (tertiary alicyclic amines) is 1. The molecule has 2 aromatic heterocycles. The number of carbonyl (C=O) groups is 1. The summed E-state index contributed by atoms with van der Waals surface area (Å²) in [5.74, 6) is 1.55. The van der Waals surface area contributed by atoms with E-state index < -0.39 is 0 Å². The minimum absolute atomic E-state index is 0.0549. The maximum atomic E-state index is 12.8. The minimum Gasteiger partial charge on any atom is -0.347 e. The van der Waals surface area contributed by atoms with Gasteiger partial charge in [0.15, 0.2) is 0 Å². The van der Waals surface area contributed by atoms with Crippen molar-refractivity contribution in [3.8, 4) is 0 Å². The highest BCUT2D eigenvalue weighted by Gasteiger charge is 2.33. The molecule has 21 heavy (non-hydrogen) atoms. The van der Waals surface area contributed by atoms with Gasteiger partial charge >= 0.3 is 0 Å². The molecule has 4 rings (SSSR count). The van der Waals surface area contributed by atoms with Gasteiger partial charge in [-0.2, -0.15) is 0 Å². The van der Waals surface area contributed by atoms with Crippen molar-refractivity contribution in [2.75, 3.05) is 6.54 Å². The van der Waals surface area contributed by atoms with Crippen molar-refractivity contribution >= 4 is 17.2 Å². The number of amides is 1. The normalized spacial score (nSPS) is 22.5. The molecule has 0 spiro atoms. The van der Waals surface area contributed by atoms with Crippen molar-refractivity contribution in [2.45, 2.75) is 44.1 Å². The number of aromatic amines is 1. The molecule has 1 saturated heterocycles. The van der Waals surface area contributed by atoms with Gasteiger partial charge in [0.25, 0.3) is 5.91 Å². The van der Waals surface area contributed by atoms with Crippen molar-refractivity contribution in [3.05, 3.63) is 34.3 Å². The SMILES string of the molecule is O=C(c1csc(C2CC2)n1)N1CCCCC1c1ncc[nH]1. The largest absolute Gasteiger partial charge is 0.347 e. The van der Waals surface area contributed by atoms with E-state index >= 15 is 0 Å². The summed E-state index contributed by atoms with van der Waals surface area (Å²) in [5.41, 5.74) is 0.611. The van der Waals surface area contributed by atoms with Crippen LogP contribution in [0.15, 0.2) is 17.8 Å². The molecular weight excluding hydrogens is 284 g/mol. The van der Waals surface area contributed by atoms with Gasteiger partial charge in [-0.15, -0.1) is 11.3 Å². The third-order valence-electron chi connectivity index (χ3n) is 4.27. The molecule has 6 heteroatoms. The minimum atomic E-state index is 0.0549. The van der Waals surface area contributed by atoms with Crippen molar-refractivity contribution in [3.63, 3.8) is 0 Å². The molecule has 0 aromatic carbocycles. The van der Waals surface area contributed by atoms with Gasteiger partial charge in [-0.05, 0) is 32.1 Å². The van der Waals surface area contributed by atoms with E-state index in [9.17, 15) is 4.79 Å². The summed E-state index contributed by atoms with van der Waals surface area (Å²) in [5, 5.41) is 3.05. The first-order valence-corrected chi connectivity index (χ1v) is 8.46. The monoisotopic (exact) mass is 302 g/mol. The standard InChI is InChI=1S/C15H18N4OS/c20-15(11-9-21-14(18-11)10-4-5-10)19-8-2-1-3-12(19)13-16-6-7-17-13/h6-7,9-10,12H,1-5,8H2,(H,16,17). The van der Waals surface area contributed by atoms with Crippen LogP contribution in [-0.4, -0.2) is 32.3 Å². The molecule has 1 aliphatic heterocycles. The quantitative estimate of drug-likeness (QED) is 0.947. The number of H-pyrrole nitrogens is 1. The van der Waals surface area contributed by atoms with Gasteiger partial charge in [0.05, 0.1) is 11.0 Å². The molecule has 2 aliphatic rings. The lowest BCUT2D eigenvalue weighted by Gasteiger charge is -2.34. The Morgan fingerprint density at radius 1 is 1.33 bits per heavy atom. The molecule has 1 aliphatic carbocycles. The van der Waals surface area contributed by atoms with Crippen LogP contribution < -0.4 is 0 Å². The van der Waals surface area contributed by atoms with E-state index in [0.717, 1.165) is 36.6 Å². The zero-order valence-electron chi connectivity index (χ0n) is 11.8. The van der Waals surface area contributed by atoms with Crippen molar-refractivity contribution in [1.82, 2.24) is 19.9 Å². The molecule has 1 unspecified atom stereocenters. The Labute approximate surface area is 127 Å². The van der Waals surface area contributed by atoms with Crippen LogP contribution in [0.5, 0.6) is 0 Å². The molecule has 110 valence electrons. The Balaban J connectivity index is 1.58. The number of rotatable bonds is 3. The van der Waals surface area contributed by atoms with Gasteiger partial charge in [0.1, 0.15) is 11.5 Å². The highest BCUT2D eigenvalue weighted by molar-refractivity contribution is 7.10. The lowest BCUT2D eigenvalue weighted by Crippen LogP contribution is -2.39. The van der Waals surface area contributed by atoms with Gasteiger partial charge in [0.2, 0.25) is 0 Å². The number of imidazole rings is 1.